The van der Waals surface area contributed by atoms with Crippen LogP contribution < -0.4 is 11.3 Å². The van der Waals surface area contributed by atoms with Crippen molar-refractivity contribution in [2.45, 2.75) is 25.3 Å². The topological polar surface area (TPSA) is 50.9 Å². The number of nitrogens with two attached hydrogens (primary N) is 1. The first-order valence-electron chi connectivity index (χ1n) is 7.27. The van der Waals surface area contributed by atoms with Gasteiger partial charge in [-0.05, 0) is 54.7 Å². The maximum Gasteiger partial charge on any atom is 0.0802 e. The van der Waals surface area contributed by atoms with Crippen LogP contribution in [0.3, 0.4) is 0 Å². The molecule has 3 aromatic rings. The van der Waals surface area contributed by atoms with E-state index in [2.05, 4.69) is 40.7 Å². The van der Waals surface area contributed by atoms with Crippen molar-refractivity contribution in [2.24, 2.45) is 5.84 Å². The van der Waals surface area contributed by atoms with Crippen molar-refractivity contribution in [1.82, 2.24) is 10.4 Å². The summed E-state index contributed by atoms with van der Waals surface area (Å²) >= 11 is 1.90. The van der Waals surface area contributed by atoms with Crippen LogP contribution in [-0.4, -0.2) is 4.98 Å². The number of aryl methyl sites for hydroxylation is 2. The molecule has 0 fully saturated rings. The molecule has 0 aliphatic heterocycles. The van der Waals surface area contributed by atoms with Crippen LogP contribution in [0.25, 0.3) is 10.9 Å². The molecule has 21 heavy (non-hydrogen) atoms. The van der Waals surface area contributed by atoms with Crippen LogP contribution in [-0.2, 0) is 12.8 Å². The highest BCUT2D eigenvalue weighted by Crippen LogP contribution is 2.36. The van der Waals surface area contributed by atoms with Crippen LogP contribution in [0.15, 0.2) is 42.6 Å². The third-order valence-electron chi connectivity index (χ3n) is 4.18. The molecular weight excluding hydrogens is 278 g/mol. The van der Waals surface area contributed by atoms with Gasteiger partial charge in [-0.15, -0.1) is 11.3 Å². The second-order valence-corrected chi connectivity index (χ2v) is 6.67. The normalized spacial score (nSPS) is 15.3. The molecule has 1 unspecified atom stereocenters. The molecule has 1 aliphatic rings. The van der Waals surface area contributed by atoms with Crippen LogP contribution in [0.5, 0.6) is 0 Å². The predicted molar refractivity (Wildman–Crippen MR) is 87.3 cm³/mol. The minimum atomic E-state index is 0.0604. The van der Waals surface area contributed by atoms with E-state index in [0.717, 1.165) is 10.9 Å². The van der Waals surface area contributed by atoms with E-state index >= 15 is 0 Å². The molecule has 2 aromatic heterocycles. The Labute approximate surface area is 127 Å². The molecule has 2 heterocycles. The van der Waals surface area contributed by atoms with Crippen LogP contribution in [0, 0.1) is 0 Å². The first kappa shape index (κ1) is 13.0. The highest BCUT2D eigenvalue weighted by atomic mass is 32.1. The highest BCUT2D eigenvalue weighted by Gasteiger charge is 2.20. The average Bonchev–Trinajstić information content (AvgIpc) is 3.09. The number of hydrogen-bond acceptors (Lipinski definition) is 4. The Morgan fingerprint density at radius 2 is 2.14 bits per heavy atom. The van der Waals surface area contributed by atoms with E-state index in [4.69, 9.17) is 5.84 Å². The largest absolute Gasteiger partial charge is 0.271 e. The van der Waals surface area contributed by atoms with E-state index in [1.807, 2.05) is 23.6 Å². The molecule has 0 bridgehead atoms. The first-order chi connectivity index (χ1) is 10.3. The number of fused-ring (bicyclic) bond motifs is 2. The lowest BCUT2D eigenvalue weighted by atomic mass is 10.0. The van der Waals surface area contributed by atoms with Crippen LogP contribution in [0.1, 0.15) is 33.3 Å². The zero-order chi connectivity index (χ0) is 14.2. The summed E-state index contributed by atoms with van der Waals surface area (Å²) in [6, 6.07) is 12.8. The van der Waals surface area contributed by atoms with Crippen LogP contribution >= 0.6 is 11.3 Å². The predicted octanol–water partition coefficient (Wildman–Crippen LogP) is 3.34. The Morgan fingerprint density at radius 3 is 3.00 bits per heavy atom. The van der Waals surface area contributed by atoms with Crippen molar-refractivity contribution in [3.8, 4) is 0 Å². The molecule has 3 nitrogen and oxygen atoms in total. The van der Waals surface area contributed by atoms with Gasteiger partial charge in [0, 0.05) is 21.3 Å². The van der Waals surface area contributed by atoms with Crippen LogP contribution in [0.2, 0.25) is 0 Å². The number of benzene rings is 1. The minimum absolute atomic E-state index is 0.0604. The molecule has 1 aromatic carbocycles. The maximum absolute atomic E-state index is 5.84. The standard InChI is InChI=1S/C17H17N3S/c18-20-17(16-10-12-3-1-5-15(12)21-16)13-6-7-14-11(9-13)4-2-8-19-14/h2,4,6-10,17,20H,1,3,5,18H2. The third kappa shape index (κ3) is 2.25. The smallest absolute Gasteiger partial charge is 0.0802 e. The second-order valence-electron chi connectivity index (χ2n) is 5.51. The van der Waals surface area contributed by atoms with Gasteiger partial charge < -0.3 is 0 Å². The van der Waals surface area contributed by atoms with E-state index in [1.165, 1.54) is 40.1 Å². The van der Waals surface area contributed by atoms with E-state index < -0.39 is 0 Å². The van der Waals surface area contributed by atoms with E-state index in [-0.39, 0.29) is 6.04 Å². The van der Waals surface area contributed by atoms with Gasteiger partial charge in [-0.3, -0.25) is 10.8 Å². The second kappa shape index (κ2) is 5.22. The number of nitrogens with zero attached hydrogens (tertiary/aromatic N) is 1. The zero-order valence-electron chi connectivity index (χ0n) is 11.7. The summed E-state index contributed by atoms with van der Waals surface area (Å²) in [5.41, 5.74) is 6.70. The van der Waals surface area contributed by atoms with Gasteiger partial charge >= 0.3 is 0 Å². The number of rotatable bonds is 3. The van der Waals surface area contributed by atoms with E-state index in [9.17, 15) is 0 Å². The molecule has 4 rings (SSSR count). The summed E-state index contributed by atoms with van der Waals surface area (Å²) in [5, 5.41) is 1.15. The van der Waals surface area contributed by atoms with Gasteiger partial charge in [0.2, 0.25) is 0 Å². The monoisotopic (exact) mass is 295 g/mol. The molecule has 0 spiro atoms. The summed E-state index contributed by atoms with van der Waals surface area (Å²) in [6.07, 6.45) is 5.55. The SMILES string of the molecule is NNC(c1ccc2ncccc2c1)c1cc2c(s1)CCC2. The first-order valence-corrected chi connectivity index (χ1v) is 8.09. The fraction of sp³-hybridized carbons (Fsp3) is 0.235. The van der Waals surface area contributed by atoms with Gasteiger partial charge in [-0.25, -0.2) is 5.43 Å². The minimum Gasteiger partial charge on any atom is -0.271 e. The van der Waals surface area contributed by atoms with Crippen molar-refractivity contribution in [3.05, 3.63) is 63.5 Å². The lowest BCUT2D eigenvalue weighted by Gasteiger charge is -2.15. The summed E-state index contributed by atoms with van der Waals surface area (Å²) in [7, 11) is 0. The van der Waals surface area contributed by atoms with Gasteiger partial charge in [0.05, 0.1) is 11.6 Å². The van der Waals surface area contributed by atoms with Crippen molar-refractivity contribution in [3.63, 3.8) is 0 Å². The van der Waals surface area contributed by atoms with E-state index in [1.54, 1.807) is 0 Å². The van der Waals surface area contributed by atoms with Gasteiger partial charge in [0.1, 0.15) is 0 Å². The Kier molecular flexibility index (Phi) is 3.22. The Morgan fingerprint density at radius 1 is 1.19 bits per heavy atom. The molecule has 106 valence electrons. The summed E-state index contributed by atoms with van der Waals surface area (Å²) in [5.74, 6) is 5.84. The fourth-order valence-corrected chi connectivity index (χ4v) is 4.46. The van der Waals surface area contributed by atoms with Gasteiger partial charge in [0.25, 0.3) is 0 Å². The Balaban J connectivity index is 1.76. The Hall–Kier alpha value is -1.75. The number of hydrazine groups is 1. The van der Waals surface area contributed by atoms with Crippen molar-refractivity contribution in [2.75, 3.05) is 0 Å². The molecule has 0 saturated heterocycles. The van der Waals surface area contributed by atoms with E-state index in [0.29, 0.717) is 0 Å². The molecule has 0 amide bonds. The number of thiophene rings is 1. The number of pyridine rings is 1. The molecule has 0 radical (unpaired) electrons. The molecule has 1 atom stereocenters. The highest BCUT2D eigenvalue weighted by molar-refractivity contribution is 7.12. The maximum atomic E-state index is 5.84. The van der Waals surface area contributed by atoms with Crippen molar-refractivity contribution < 1.29 is 0 Å². The third-order valence-corrected chi connectivity index (χ3v) is 5.48. The van der Waals surface area contributed by atoms with Gasteiger partial charge in [-0.1, -0.05) is 12.1 Å². The quantitative estimate of drug-likeness (QED) is 0.575. The number of nitrogens with one attached hydrogen (secondary N) is 1. The summed E-state index contributed by atoms with van der Waals surface area (Å²) < 4.78 is 0. The van der Waals surface area contributed by atoms with Crippen molar-refractivity contribution in [1.29, 1.82) is 0 Å². The lowest BCUT2D eigenvalue weighted by molar-refractivity contribution is 0.646. The fourth-order valence-electron chi connectivity index (χ4n) is 3.11. The Bertz CT molecular complexity index is 772. The number of hydrogen-bond donors (Lipinski definition) is 2. The van der Waals surface area contributed by atoms with Gasteiger partial charge in [-0.2, -0.15) is 0 Å². The molecule has 0 saturated carbocycles. The number of aromatic nitrogens is 1. The summed E-state index contributed by atoms with van der Waals surface area (Å²) in [6.45, 7) is 0. The molecule has 1 aliphatic carbocycles. The zero-order valence-corrected chi connectivity index (χ0v) is 12.5. The molecular formula is C17H17N3S. The van der Waals surface area contributed by atoms with Crippen molar-refractivity contribution >= 4 is 22.2 Å². The molecule has 4 heteroatoms. The lowest BCUT2D eigenvalue weighted by Crippen LogP contribution is -2.28. The molecule has 3 N–H and O–H groups in total. The van der Waals surface area contributed by atoms with Crippen LogP contribution in [0.4, 0.5) is 0 Å². The average molecular weight is 295 g/mol. The summed E-state index contributed by atoms with van der Waals surface area (Å²) in [4.78, 5) is 7.22. The van der Waals surface area contributed by atoms with Gasteiger partial charge in [0.15, 0.2) is 0 Å².